The van der Waals surface area contributed by atoms with E-state index >= 15 is 0 Å². The SMILES string of the molecule is CC(C)C(=O)OCc1cccc(C(F)(F)F)c1. The average molecular weight is 246 g/mol. The van der Waals surface area contributed by atoms with Gasteiger partial charge in [0, 0.05) is 0 Å². The molecule has 94 valence electrons. The summed E-state index contributed by atoms with van der Waals surface area (Å²) in [6.45, 7) is 3.18. The molecule has 1 aromatic rings. The summed E-state index contributed by atoms with van der Waals surface area (Å²) in [7, 11) is 0. The fourth-order valence-corrected chi connectivity index (χ4v) is 1.16. The number of hydrogen-bond acceptors (Lipinski definition) is 2. The Morgan fingerprint density at radius 2 is 2.00 bits per heavy atom. The Hall–Kier alpha value is -1.52. The van der Waals surface area contributed by atoms with Gasteiger partial charge in [0.15, 0.2) is 0 Å². The molecule has 0 unspecified atom stereocenters. The zero-order valence-electron chi connectivity index (χ0n) is 9.54. The number of carbonyl (C=O) groups excluding carboxylic acids is 1. The summed E-state index contributed by atoms with van der Waals surface area (Å²) in [5, 5.41) is 0. The lowest BCUT2D eigenvalue weighted by molar-refractivity contribution is -0.148. The maximum atomic E-state index is 12.4. The summed E-state index contributed by atoms with van der Waals surface area (Å²) in [4.78, 5) is 11.2. The number of benzene rings is 1. The highest BCUT2D eigenvalue weighted by atomic mass is 19.4. The van der Waals surface area contributed by atoms with Crippen LogP contribution in [-0.2, 0) is 22.3 Å². The van der Waals surface area contributed by atoms with Gasteiger partial charge in [-0.25, -0.2) is 0 Å². The van der Waals surface area contributed by atoms with Crippen molar-refractivity contribution in [3.05, 3.63) is 35.4 Å². The topological polar surface area (TPSA) is 26.3 Å². The number of carbonyl (C=O) groups is 1. The molecule has 17 heavy (non-hydrogen) atoms. The Morgan fingerprint density at radius 3 is 2.53 bits per heavy atom. The van der Waals surface area contributed by atoms with Gasteiger partial charge in [0.1, 0.15) is 6.61 Å². The second-order valence-corrected chi connectivity index (χ2v) is 3.96. The van der Waals surface area contributed by atoms with Crippen LogP contribution in [0.15, 0.2) is 24.3 Å². The number of alkyl halides is 3. The van der Waals surface area contributed by atoms with E-state index in [-0.39, 0.29) is 12.5 Å². The normalized spacial score (nSPS) is 11.6. The van der Waals surface area contributed by atoms with Gasteiger partial charge in [-0.1, -0.05) is 26.0 Å². The predicted octanol–water partition coefficient (Wildman–Crippen LogP) is 3.40. The fraction of sp³-hybridized carbons (Fsp3) is 0.417. The molecule has 0 aromatic heterocycles. The summed E-state index contributed by atoms with van der Waals surface area (Å²) in [6.07, 6.45) is -4.38. The molecule has 0 heterocycles. The van der Waals surface area contributed by atoms with Gasteiger partial charge < -0.3 is 4.74 Å². The van der Waals surface area contributed by atoms with E-state index < -0.39 is 17.7 Å². The standard InChI is InChI=1S/C12H13F3O2/c1-8(2)11(16)17-7-9-4-3-5-10(6-9)12(13,14)15/h3-6,8H,7H2,1-2H3. The summed E-state index contributed by atoms with van der Waals surface area (Å²) in [5.41, 5.74) is -0.413. The molecule has 0 fully saturated rings. The first-order valence-electron chi connectivity index (χ1n) is 5.13. The molecule has 0 atom stereocenters. The minimum atomic E-state index is -4.38. The van der Waals surface area contributed by atoms with Crippen molar-refractivity contribution in [3.8, 4) is 0 Å². The van der Waals surface area contributed by atoms with Crippen LogP contribution in [0.5, 0.6) is 0 Å². The van der Waals surface area contributed by atoms with Gasteiger partial charge in [-0.2, -0.15) is 13.2 Å². The van der Waals surface area contributed by atoms with Crippen LogP contribution in [0.4, 0.5) is 13.2 Å². The second kappa shape index (κ2) is 5.21. The third-order valence-electron chi connectivity index (χ3n) is 2.11. The first-order chi connectivity index (χ1) is 7.80. The summed E-state index contributed by atoms with van der Waals surface area (Å²) in [5.74, 6) is -0.719. The minimum absolute atomic E-state index is 0.138. The number of halogens is 3. The highest BCUT2D eigenvalue weighted by molar-refractivity contribution is 5.71. The highest BCUT2D eigenvalue weighted by Gasteiger charge is 2.30. The molecule has 0 aliphatic rings. The first kappa shape index (κ1) is 13.5. The number of esters is 1. The van der Waals surface area contributed by atoms with Gasteiger partial charge in [0.2, 0.25) is 0 Å². The molecule has 0 spiro atoms. The molecular weight excluding hydrogens is 233 g/mol. The van der Waals surface area contributed by atoms with Crippen LogP contribution in [0.1, 0.15) is 25.0 Å². The van der Waals surface area contributed by atoms with E-state index in [1.54, 1.807) is 13.8 Å². The highest BCUT2D eigenvalue weighted by Crippen LogP contribution is 2.29. The van der Waals surface area contributed by atoms with E-state index in [0.717, 1.165) is 12.1 Å². The number of hydrogen-bond donors (Lipinski definition) is 0. The van der Waals surface area contributed by atoms with E-state index in [1.165, 1.54) is 12.1 Å². The monoisotopic (exact) mass is 246 g/mol. The summed E-state index contributed by atoms with van der Waals surface area (Å²) in [6, 6.07) is 4.74. The first-order valence-corrected chi connectivity index (χ1v) is 5.13. The van der Waals surface area contributed by atoms with Crippen LogP contribution in [0.25, 0.3) is 0 Å². The van der Waals surface area contributed by atoms with Gasteiger partial charge in [-0.3, -0.25) is 4.79 Å². The van der Waals surface area contributed by atoms with Crippen molar-refractivity contribution in [2.75, 3.05) is 0 Å². The molecule has 5 heteroatoms. The van der Waals surface area contributed by atoms with E-state index in [1.807, 2.05) is 0 Å². The summed E-state index contributed by atoms with van der Waals surface area (Å²) >= 11 is 0. The molecule has 0 N–H and O–H groups in total. The molecule has 0 aliphatic heterocycles. The van der Waals surface area contributed by atoms with Crippen molar-refractivity contribution in [2.45, 2.75) is 26.6 Å². The quantitative estimate of drug-likeness (QED) is 0.764. The maximum absolute atomic E-state index is 12.4. The van der Waals surface area contributed by atoms with Crippen LogP contribution >= 0.6 is 0 Å². The van der Waals surface area contributed by atoms with Crippen LogP contribution in [-0.4, -0.2) is 5.97 Å². The van der Waals surface area contributed by atoms with Crippen LogP contribution < -0.4 is 0 Å². The molecule has 0 aliphatic carbocycles. The molecule has 1 rings (SSSR count). The molecule has 2 nitrogen and oxygen atoms in total. The Balaban J connectivity index is 2.70. The van der Waals surface area contributed by atoms with E-state index in [9.17, 15) is 18.0 Å². The number of rotatable bonds is 3. The van der Waals surface area contributed by atoms with Gasteiger partial charge in [-0.05, 0) is 17.7 Å². The lowest BCUT2D eigenvalue weighted by Gasteiger charge is -2.10. The molecule has 0 bridgehead atoms. The van der Waals surface area contributed by atoms with Gasteiger partial charge in [0.25, 0.3) is 0 Å². The second-order valence-electron chi connectivity index (χ2n) is 3.96. The van der Waals surface area contributed by atoms with Gasteiger partial charge in [-0.15, -0.1) is 0 Å². The van der Waals surface area contributed by atoms with Crippen molar-refractivity contribution in [2.24, 2.45) is 5.92 Å². The fourth-order valence-electron chi connectivity index (χ4n) is 1.16. The lowest BCUT2D eigenvalue weighted by Crippen LogP contribution is -2.12. The van der Waals surface area contributed by atoms with Crippen molar-refractivity contribution < 1.29 is 22.7 Å². The largest absolute Gasteiger partial charge is 0.461 e. The van der Waals surface area contributed by atoms with Gasteiger partial charge >= 0.3 is 12.1 Å². The van der Waals surface area contributed by atoms with Crippen molar-refractivity contribution in [3.63, 3.8) is 0 Å². The molecule has 0 saturated heterocycles. The Kier molecular flexibility index (Phi) is 4.15. The number of ether oxygens (including phenoxy) is 1. The average Bonchev–Trinajstić information content (AvgIpc) is 2.25. The summed E-state index contributed by atoms with van der Waals surface area (Å²) < 4.78 is 42.0. The molecule has 0 radical (unpaired) electrons. The van der Waals surface area contributed by atoms with Crippen molar-refractivity contribution >= 4 is 5.97 Å². The third kappa shape index (κ3) is 4.09. The molecular formula is C12H13F3O2. The zero-order valence-corrected chi connectivity index (χ0v) is 9.54. The third-order valence-corrected chi connectivity index (χ3v) is 2.11. The lowest BCUT2D eigenvalue weighted by atomic mass is 10.1. The predicted molar refractivity (Wildman–Crippen MR) is 56.1 cm³/mol. The van der Waals surface area contributed by atoms with Crippen LogP contribution in [0.3, 0.4) is 0 Å². The van der Waals surface area contributed by atoms with Gasteiger partial charge in [0.05, 0.1) is 11.5 Å². The van der Waals surface area contributed by atoms with E-state index in [0.29, 0.717) is 5.56 Å². The Bertz CT molecular complexity index is 397. The molecule has 0 saturated carbocycles. The van der Waals surface area contributed by atoms with E-state index in [2.05, 4.69) is 0 Å². The van der Waals surface area contributed by atoms with Crippen molar-refractivity contribution in [1.82, 2.24) is 0 Å². The Morgan fingerprint density at radius 1 is 1.35 bits per heavy atom. The smallest absolute Gasteiger partial charge is 0.416 e. The molecule has 1 aromatic carbocycles. The zero-order chi connectivity index (χ0) is 13.1. The minimum Gasteiger partial charge on any atom is -0.461 e. The van der Waals surface area contributed by atoms with Crippen molar-refractivity contribution in [1.29, 1.82) is 0 Å². The Labute approximate surface area is 97.4 Å². The molecule has 0 amide bonds. The van der Waals surface area contributed by atoms with Crippen LogP contribution in [0, 0.1) is 5.92 Å². The van der Waals surface area contributed by atoms with E-state index in [4.69, 9.17) is 4.74 Å². The maximum Gasteiger partial charge on any atom is 0.416 e. The van der Waals surface area contributed by atoms with Crippen LogP contribution in [0.2, 0.25) is 0 Å².